The Kier molecular flexibility index (Phi) is 3.70. The van der Waals surface area contributed by atoms with Crippen molar-refractivity contribution in [1.29, 1.82) is 0 Å². The molecule has 0 bridgehead atoms. The lowest BCUT2D eigenvalue weighted by molar-refractivity contribution is -0.284. The number of hydrogen-bond donors (Lipinski definition) is 1. The maximum Gasteiger partial charge on any atom is 0.134 e. The third-order valence-corrected chi connectivity index (χ3v) is 1.70. The fourth-order valence-corrected chi connectivity index (χ4v) is 1.08. The molecule has 0 spiro atoms. The SMILES string of the molecule is CCCC(OO)c1ccccn1. The van der Waals surface area contributed by atoms with Crippen molar-refractivity contribution in [2.24, 2.45) is 0 Å². The van der Waals surface area contributed by atoms with Gasteiger partial charge in [0.15, 0.2) is 0 Å². The molecule has 1 aromatic heterocycles. The van der Waals surface area contributed by atoms with Crippen molar-refractivity contribution in [1.82, 2.24) is 4.98 Å². The Morgan fingerprint density at radius 1 is 1.58 bits per heavy atom. The molecule has 1 atom stereocenters. The Bertz CT molecular complexity index is 213. The molecule has 0 saturated heterocycles. The van der Waals surface area contributed by atoms with E-state index in [2.05, 4.69) is 9.87 Å². The summed E-state index contributed by atoms with van der Waals surface area (Å²) < 4.78 is 0. The Hall–Kier alpha value is -0.930. The standard InChI is InChI=1S/C9H13NO2/c1-2-5-9(12-11)8-6-3-4-7-10-8/h3-4,6-7,9,11H,2,5H2,1H3. The molecule has 0 aromatic carbocycles. The van der Waals surface area contributed by atoms with E-state index in [0.29, 0.717) is 0 Å². The molecule has 3 nitrogen and oxygen atoms in total. The van der Waals surface area contributed by atoms with Gasteiger partial charge in [-0.25, -0.2) is 4.89 Å². The Morgan fingerprint density at radius 2 is 2.42 bits per heavy atom. The molecule has 0 aliphatic rings. The summed E-state index contributed by atoms with van der Waals surface area (Å²) in [5.41, 5.74) is 0.779. The zero-order chi connectivity index (χ0) is 8.81. The normalized spacial score (nSPS) is 12.8. The van der Waals surface area contributed by atoms with E-state index in [4.69, 9.17) is 5.26 Å². The number of nitrogens with zero attached hydrogens (tertiary/aromatic N) is 1. The molecule has 0 saturated carbocycles. The van der Waals surface area contributed by atoms with Crippen LogP contribution < -0.4 is 0 Å². The van der Waals surface area contributed by atoms with E-state index in [0.717, 1.165) is 18.5 Å². The first-order valence-corrected chi connectivity index (χ1v) is 4.09. The van der Waals surface area contributed by atoms with Crippen molar-refractivity contribution in [2.75, 3.05) is 0 Å². The van der Waals surface area contributed by atoms with Gasteiger partial charge in [0, 0.05) is 6.20 Å². The third kappa shape index (κ3) is 2.29. The van der Waals surface area contributed by atoms with Crippen LogP contribution in [0, 0.1) is 0 Å². The van der Waals surface area contributed by atoms with Gasteiger partial charge in [-0.3, -0.25) is 10.2 Å². The summed E-state index contributed by atoms with van der Waals surface area (Å²) in [5, 5.41) is 8.57. The zero-order valence-corrected chi connectivity index (χ0v) is 7.10. The van der Waals surface area contributed by atoms with Gasteiger partial charge in [-0.05, 0) is 18.6 Å². The van der Waals surface area contributed by atoms with Gasteiger partial charge in [0.1, 0.15) is 6.10 Å². The van der Waals surface area contributed by atoms with Gasteiger partial charge in [0.2, 0.25) is 0 Å². The van der Waals surface area contributed by atoms with Gasteiger partial charge in [-0.2, -0.15) is 0 Å². The van der Waals surface area contributed by atoms with E-state index < -0.39 is 0 Å². The molecule has 0 aliphatic heterocycles. The first kappa shape index (κ1) is 9.16. The van der Waals surface area contributed by atoms with E-state index in [1.165, 1.54) is 0 Å². The smallest absolute Gasteiger partial charge is 0.134 e. The number of pyridine rings is 1. The molecular formula is C9H13NO2. The molecule has 0 aliphatic carbocycles. The predicted molar refractivity (Wildman–Crippen MR) is 45.6 cm³/mol. The topological polar surface area (TPSA) is 42.4 Å². The van der Waals surface area contributed by atoms with Crippen molar-refractivity contribution in [2.45, 2.75) is 25.9 Å². The van der Waals surface area contributed by atoms with Crippen LogP contribution in [0.15, 0.2) is 24.4 Å². The first-order chi connectivity index (χ1) is 5.88. The van der Waals surface area contributed by atoms with Gasteiger partial charge in [0.25, 0.3) is 0 Å². The molecule has 3 heteroatoms. The van der Waals surface area contributed by atoms with Crippen LogP contribution in [0.5, 0.6) is 0 Å². The molecule has 1 unspecified atom stereocenters. The third-order valence-electron chi connectivity index (χ3n) is 1.70. The van der Waals surface area contributed by atoms with Crippen molar-refractivity contribution < 1.29 is 10.1 Å². The van der Waals surface area contributed by atoms with E-state index in [9.17, 15) is 0 Å². The lowest BCUT2D eigenvalue weighted by atomic mass is 10.1. The molecule has 1 rings (SSSR count). The fraction of sp³-hybridized carbons (Fsp3) is 0.444. The second-order valence-electron chi connectivity index (χ2n) is 2.64. The second-order valence-corrected chi connectivity index (χ2v) is 2.64. The molecule has 1 aromatic rings. The average Bonchev–Trinajstić information content (AvgIpc) is 2.15. The van der Waals surface area contributed by atoms with Gasteiger partial charge < -0.3 is 0 Å². The minimum atomic E-state index is -0.281. The van der Waals surface area contributed by atoms with E-state index in [-0.39, 0.29) is 6.10 Å². The quantitative estimate of drug-likeness (QED) is 0.553. The minimum absolute atomic E-state index is 0.281. The maximum absolute atomic E-state index is 8.57. The summed E-state index contributed by atoms with van der Waals surface area (Å²) in [4.78, 5) is 8.40. The average molecular weight is 167 g/mol. The largest absolute Gasteiger partial charge is 0.258 e. The Morgan fingerprint density at radius 3 is 2.92 bits per heavy atom. The zero-order valence-electron chi connectivity index (χ0n) is 7.10. The summed E-state index contributed by atoms with van der Waals surface area (Å²) in [6.45, 7) is 2.04. The molecule has 0 amide bonds. The minimum Gasteiger partial charge on any atom is -0.258 e. The molecule has 0 fully saturated rings. The summed E-state index contributed by atoms with van der Waals surface area (Å²) in [5.74, 6) is 0. The molecule has 0 radical (unpaired) electrons. The monoisotopic (exact) mass is 167 g/mol. The van der Waals surface area contributed by atoms with Crippen LogP contribution in [0.4, 0.5) is 0 Å². The number of hydrogen-bond acceptors (Lipinski definition) is 3. The van der Waals surface area contributed by atoms with Gasteiger partial charge in [-0.15, -0.1) is 0 Å². The van der Waals surface area contributed by atoms with Crippen molar-refractivity contribution in [3.63, 3.8) is 0 Å². The van der Waals surface area contributed by atoms with Crippen molar-refractivity contribution >= 4 is 0 Å². The van der Waals surface area contributed by atoms with Crippen LogP contribution in [-0.2, 0) is 4.89 Å². The summed E-state index contributed by atoms with van der Waals surface area (Å²) >= 11 is 0. The summed E-state index contributed by atoms with van der Waals surface area (Å²) in [6.07, 6.45) is 3.16. The van der Waals surface area contributed by atoms with E-state index in [1.54, 1.807) is 6.20 Å². The number of rotatable bonds is 4. The van der Waals surface area contributed by atoms with Crippen LogP contribution in [0.25, 0.3) is 0 Å². The van der Waals surface area contributed by atoms with Gasteiger partial charge in [0.05, 0.1) is 5.69 Å². The molecular weight excluding hydrogens is 154 g/mol. The summed E-state index contributed by atoms with van der Waals surface area (Å²) in [6, 6.07) is 5.56. The van der Waals surface area contributed by atoms with Crippen LogP contribution >= 0.6 is 0 Å². The Balaban J connectivity index is 2.66. The maximum atomic E-state index is 8.57. The number of aromatic nitrogens is 1. The predicted octanol–water partition coefficient (Wildman–Crippen LogP) is 2.41. The highest BCUT2D eigenvalue weighted by Gasteiger charge is 2.10. The summed E-state index contributed by atoms with van der Waals surface area (Å²) in [7, 11) is 0. The fourth-order valence-electron chi connectivity index (χ4n) is 1.08. The molecule has 1 N–H and O–H groups in total. The van der Waals surface area contributed by atoms with Gasteiger partial charge in [-0.1, -0.05) is 19.4 Å². The highest BCUT2D eigenvalue weighted by Crippen LogP contribution is 2.18. The highest BCUT2D eigenvalue weighted by molar-refractivity contribution is 5.06. The van der Waals surface area contributed by atoms with Crippen LogP contribution in [-0.4, -0.2) is 10.2 Å². The van der Waals surface area contributed by atoms with Gasteiger partial charge >= 0.3 is 0 Å². The second kappa shape index (κ2) is 4.85. The van der Waals surface area contributed by atoms with Crippen molar-refractivity contribution in [3.05, 3.63) is 30.1 Å². The molecule has 12 heavy (non-hydrogen) atoms. The molecule has 1 heterocycles. The highest BCUT2D eigenvalue weighted by atomic mass is 17.1. The lowest BCUT2D eigenvalue weighted by Crippen LogP contribution is -2.03. The van der Waals surface area contributed by atoms with E-state index >= 15 is 0 Å². The lowest BCUT2D eigenvalue weighted by Gasteiger charge is -2.10. The van der Waals surface area contributed by atoms with Crippen LogP contribution in [0.3, 0.4) is 0 Å². The van der Waals surface area contributed by atoms with Crippen LogP contribution in [0.2, 0.25) is 0 Å². The Labute approximate surface area is 71.9 Å². The van der Waals surface area contributed by atoms with Crippen LogP contribution in [0.1, 0.15) is 31.6 Å². The van der Waals surface area contributed by atoms with E-state index in [1.807, 2.05) is 25.1 Å². The molecule has 66 valence electrons. The van der Waals surface area contributed by atoms with Crippen molar-refractivity contribution in [3.8, 4) is 0 Å². The first-order valence-electron chi connectivity index (χ1n) is 4.09.